The van der Waals surface area contributed by atoms with Gasteiger partial charge in [0.25, 0.3) is 0 Å². The van der Waals surface area contributed by atoms with Crippen LogP contribution in [-0.2, 0) is 4.84 Å². The summed E-state index contributed by atoms with van der Waals surface area (Å²) in [5.74, 6) is 0. The van der Waals surface area contributed by atoms with Crippen LogP contribution in [0, 0.1) is 0 Å². The zero-order chi connectivity index (χ0) is 10.7. The molecule has 0 amide bonds. The van der Waals surface area contributed by atoms with Gasteiger partial charge < -0.3 is 4.84 Å². The molecule has 15 heavy (non-hydrogen) atoms. The topological polar surface area (TPSA) is 70.4 Å². The summed E-state index contributed by atoms with van der Waals surface area (Å²) in [6, 6.07) is 3.97. The third-order valence-electron chi connectivity index (χ3n) is 1.94. The normalized spacial score (nSPS) is 19.3. The Kier molecular flexibility index (Phi) is 3.25. The lowest BCUT2D eigenvalue weighted by atomic mass is 10.1. The highest BCUT2D eigenvalue weighted by molar-refractivity contribution is 9.11. The Labute approximate surface area is 98.5 Å². The van der Waals surface area contributed by atoms with Crippen molar-refractivity contribution in [2.75, 3.05) is 6.54 Å². The number of nitrogens with zero attached hydrogens (tertiary/aromatic N) is 4. The van der Waals surface area contributed by atoms with E-state index < -0.39 is 0 Å². The van der Waals surface area contributed by atoms with E-state index in [1.807, 2.05) is 12.1 Å². The fourth-order valence-corrected chi connectivity index (χ4v) is 2.64. The molecule has 1 unspecified atom stereocenters. The van der Waals surface area contributed by atoms with E-state index in [9.17, 15) is 0 Å². The van der Waals surface area contributed by atoms with Crippen molar-refractivity contribution in [1.82, 2.24) is 0 Å². The lowest BCUT2D eigenvalue weighted by Crippen LogP contribution is -2.11. The second kappa shape index (κ2) is 4.65. The minimum absolute atomic E-state index is 0.114. The molecule has 0 saturated heterocycles. The van der Waals surface area contributed by atoms with Gasteiger partial charge in [-0.15, -0.1) is 11.3 Å². The second-order valence-electron chi connectivity index (χ2n) is 2.99. The SMILES string of the molecule is [N-]=[N+]=NCC1CC(c2ccc(Br)s2)=NO1. The van der Waals surface area contributed by atoms with Crippen LogP contribution in [-0.4, -0.2) is 18.4 Å². The first-order valence-corrected chi connectivity index (χ1v) is 5.90. The minimum atomic E-state index is -0.114. The summed E-state index contributed by atoms with van der Waals surface area (Å²) in [4.78, 5) is 8.92. The van der Waals surface area contributed by atoms with E-state index in [2.05, 4.69) is 31.1 Å². The van der Waals surface area contributed by atoms with Crippen molar-refractivity contribution in [2.45, 2.75) is 12.5 Å². The van der Waals surface area contributed by atoms with Gasteiger partial charge in [-0.1, -0.05) is 10.3 Å². The summed E-state index contributed by atoms with van der Waals surface area (Å²) < 4.78 is 1.07. The number of thiophene rings is 1. The second-order valence-corrected chi connectivity index (χ2v) is 5.45. The number of halogens is 1. The molecular weight excluding hydrogens is 280 g/mol. The first-order chi connectivity index (χ1) is 7.29. The van der Waals surface area contributed by atoms with E-state index in [0.717, 1.165) is 14.4 Å². The van der Waals surface area contributed by atoms with Crippen LogP contribution < -0.4 is 0 Å². The Bertz CT molecular complexity index is 438. The van der Waals surface area contributed by atoms with E-state index >= 15 is 0 Å². The molecule has 1 aliphatic rings. The van der Waals surface area contributed by atoms with Crippen LogP contribution in [0.2, 0.25) is 0 Å². The van der Waals surface area contributed by atoms with Gasteiger partial charge in [-0.25, -0.2) is 0 Å². The van der Waals surface area contributed by atoms with Gasteiger partial charge in [-0.2, -0.15) is 0 Å². The Hall–Kier alpha value is -1.04. The van der Waals surface area contributed by atoms with E-state index in [0.29, 0.717) is 13.0 Å². The predicted octanol–water partition coefficient (Wildman–Crippen LogP) is 3.31. The highest BCUT2D eigenvalue weighted by Gasteiger charge is 2.22. The van der Waals surface area contributed by atoms with Crippen LogP contribution in [0.25, 0.3) is 10.4 Å². The third-order valence-corrected chi connectivity index (χ3v) is 3.61. The first-order valence-electron chi connectivity index (χ1n) is 4.29. The molecule has 0 bridgehead atoms. The minimum Gasteiger partial charge on any atom is -0.392 e. The molecule has 7 heteroatoms. The van der Waals surface area contributed by atoms with Crippen molar-refractivity contribution in [3.05, 3.63) is 31.2 Å². The van der Waals surface area contributed by atoms with Gasteiger partial charge in [0.05, 0.1) is 15.2 Å². The standard InChI is InChI=1S/C8H7BrN4OS/c9-8-2-1-7(15-8)6-3-5(14-12-6)4-11-13-10/h1-2,5H,3-4H2. The van der Waals surface area contributed by atoms with Gasteiger partial charge in [0.2, 0.25) is 0 Å². The number of hydrogen-bond donors (Lipinski definition) is 0. The molecule has 2 rings (SSSR count). The van der Waals surface area contributed by atoms with Crippen LogP contribution in [0.15, 0.2) is 26.2 Å². The number of rotatable bonds is 3. The fourth-order valence-electron chi connectivity index (χ4n) is 1.27. The van der Waals surface area contributed by atoms with Crippen LogP contribution in [0.3, 0.4) is 0 Å². The largest absolute Gasteiger partial charge is 0.392 e. The highest BCUT2D eigenvalue weighted by Crippen LogP contribution is 2.26. The Morgan fingerprint density at radius 2 is 2.60 bits per heavy atom. The summed E-state index contributed by atoms with van der Waals surface area (Å²) >= 11 is 5.01. The fraction of sp³-hybridized carbons (Fsp3) is 0.375. The predicted molar refractivity (Wildman–Crippen MR) is 62.1 cm³/mol. The van der Waals surface area contributed by atoms with Crippen molar-refractivity contribution >= 4 is 33.0 Å². The summed E-state index contributed by atoms with van der Waals surface area (Å²) in [6.45, 7) is 0.329. The van der Waals surface area contributed by atoms with Crippen LogP contribution in [0.4, 0.5) is 0 Å². The van der Waals surface area contributed by atoms with Gasteiger partial charge in [-0.05, 0) is 33.6 Å². The number of oxime groups is 1. The monoisotopic (exact) mass is 286 g/mol. The van der Waals surface area contributed by atoms with E-state index in [1.54, 1.807) is 11.3 Å². The van der Waals surface area contributed by atoms with E-state index in [-0.39, 0.29) is 6.10 Å². The van der Waals surface area contributed by atoms with E-state index in [1.165, 1.54) is 0 Å². The molecule has 2 heterocycles. The third kappa shape index (κ3) is 2.50. The molecule has 0 aliphatic carbocycles. The molecule has 1 aromatic heterocycles. The van der Waals surface area contributed by atoms with Crippen molar-refractivity contribution in [1.29, 1.82) is 0 Å². The van der Waals surface area contributed by atoms with Crippen molar-refractivity contribution in [3.63, 3.8) is 0 Å². The zero-order valence-corrected chi connectivity index (χ0v) is 10.0. The summed E-state index contributed by atoms with van der Waals surface area (Å²) in [6.07, 6.45) is 0.586. The maximum absolute atomic E-state index is 8.17. The molecule has 1 atom stereocenters. The molecular formula is C8H7BrN4OS. The molecule has 1 aromatic rings. The lowest BCUT2D eigenvalue weighted by Gasteiger charge is -2.01. The van der Waals surface area contributed by atoms with Crippen LogP contribution in [0.1, 0.15) is 11.3 Å². The van der Waals surface area contributed by atoms with Gasteiger partial charge in [-0.3, -0.25) is 0 Å². The molecule has 0 aromatic carbocycles. The van der Waals surface area contributed by atoms with Crippen LogP contribution >= 0.6 is 27.3 Å². The Morgan fingerprint density at radius 1 is 1.73 bits per heavy atom. The molecule has 1 aliphatic heterocycles. The molecule has 0 radical (unpaired) electrons. The Balaban J connectivity index is 2.00. The molecule has 0 spiro atoms. The average Bonchev–Trinajstić information content (AvgIpc) is 2.83. The first kappa shape index (κ1) is 10.5. The molecule has 78 valence electrons. The van der Waals surface area contributed by atoms with E-state index in [4.69, 9.17) is 10.4 Å². The average molecular weight is 287 g/mol. The lowest BCUT2D eigenvalue weighted by molar-refractivity contribution is 0.0919. The Morgan fingerprint density at radius 3 is 3.27 bits per heavy atom. The van der Waals surface area contributed by atoms with Gasteiger partial charge in [0.15, 0.2) is 0 Å². The summed E-state index contributed by atoms with van der Waals surface area (Å²) in [5.41, 5.74) is 9.09. The maximum Gasteiger partial charge on any atom is 0.138 e. The van der Waals surface area contributed by atoms with Gasteiger partial charge in [0, 0.05) is 11.3 Å². The number of azide groups is 1. The van der Waals surface area contributed by atoms with Crippen LogP contribution in [0.5, 0.6) is 0 Å². The summed E-state index contributed by atoms with van der Waals surface area (Å²) in [5, 5.41) is 7.44. The van der Waals surface area contributed by atoms with Gasteiger partial charge >= 0.3 is 0 Å². The number of hydrogen-bond acceptors (Lipinski definition) is 4. The molecule has 5 nitrogen and oxygen atoms in total. The molecule has 0 fully saturated rings. The quantitative estimate of drug-likeness (QED) is 0.477. The molecule has 0 N–H and O–H groups in total. The van der Waals surface area contributed by atoms with Crippen molar-refractivity contribution < 1.29 is 4.84 Å². The van der Waals surface area contributed by atoms with Crippen molar-refractivity contribution in [3.8, 4) is 0 Å². The zero-order valence-electron chi connectivity index (χ0n) is 7.63. The molecule has 0 saturated carbocycles. The highest BCUT2D eigenvalue weighted by atomic mass is 79.9. The maximum atomic E-state index is 8.17. The van der Waals surface area contributed by atoms with Gasteiger partial charge in [0.1, 0.15) is 11.8 Å². The summed E-state index contributed by atoms with van der Waals surface area (Å²) in [7, 11) is 0. The van der Waals surface area contributed by atoms with Crippen molar-refractivity contribution in [2.24, 2.45) is 10.3 Å². The smallest absolute Gasteiger partial charge is 0.138 e.